The summed E-state index contributed by atoms with van der Waals surface area (Å²) in [5.74, 6) is 1.39. The highest BCUT2D eigenvalue weighted by atomic mass is 16.5. The van der Waals surface area contributed by atoms with Crippen LogP contribution in [0.2, 0.25) is 0 Å². The molecule has 0 aliphatic heterocycles. The largest absolute Gasteiger partial charge is 0.496 e. The van der Waals surface area contributed by atoms with E-state index in [1.807, 2.05) is 67.9 Å². The maximum absolute atomic E-state index is 9.25. The molecule has 0 saturated carbocycles. The minimum absolute atomic E-state index is 0.425. The lowest BCUT2D eigenvalue weighted by molar-refractivity contribution is 0.393. The Morgan fingerprint density at radius 2 is 1.94 bits per heavy atom. The lowest BCUT2D eigenvalue weighted by Crippen LogP contribution is -2.16. The van der Waals surface area contributed by atoms with E-state index in [2.05, 4.69) is 20.1 Å². The molecule has 1 N–H and O–H groups in total. The van der Waals surface area contributed by atoms with Gasteiger partial charge in [-0.1, -0.05) is 22.9 Å². The standard InChI is InChI=1S/C24H20N6O2/c1-13-5-7-16(8-6-13)30-23-17-10-21(31-4)18(22-14(2)29-32-15(22)3)9-19(17)26-11-20(23)28-24(30)27-12-25/h5-11H,1-4H3,(H,27,28). The molecule has 0 spiro atoms. The second-order valence-corrected chi connectivity index (χ2v) is 7.62. The number of aryl methyl sites for hydroxylation is 3. The number of hydrogen-bond acceptors (Lipinski definition) is 6. The molecule has 5 aromatic rings. The minimum atomic E-state index is 0.425. The van der Waals surface area contributed by atoms with Gasteiger partial charge in [-0.15, -0.1) is 4.99 Å². The highest BCUT2D eigenvalue weighted by Crippen LogP contribution is 2.38. The Morgan fingerprint density at radius 1 is 1.16 bits per heavy atom. The molecule has 32 heavy (non-hydrogen) atoms. The Bertz CT molecular complexity index is 1580. The van der Waals surface area contributed by atoms with Crippen LogP contribution in [0.25, 0.3) is 38.8 Å². The Morgan fingerprint density at radius 3 is 2.59 bits per heavy atom. The van der Waals surface area contributed by atoms with Crippen LogP contribution in [0.1, 0.15) is 17.0 Å². The van der Waals surface area contributed by atoms with Crippen LogP contribution in [-0.2, 0) is 0 Å². The zero-order valence-corrected chi connectivity index (χ0v) is 18.1. The first kappa shape index (κ1) is 19.6. The third-order valence-electron chi connectivity index (χ3n) is 5.59. The van der Waals surface area contributed by atoms with Crippen molar-refractivity contribution in [3.63, 3.8) is 0 Å². The van der Waals surface area contributed by atoms with E-state index in [1.165, 1.54) is 0 Å². The summed E-state index contributed by atoms with van der Waals surface area (Å²) in [5.41, 5.74) is 7.39. The third-order valence-corrected chi connectivity index (χ3v) is 5.59. The van der Waals surface area contributed by atoms with E-state index in [1.54, 1.807) is 13.3 Å². The molecular formula is C24H20N6O2. The van der Waals surface area contributed by atoms with Crippen molar-refractivity contribution in [2.45, 2.75) is 20.8 Å². The van der Waals surface area contributed by atoms with Crippen molar-refractivity contribution in [2.75, 3.05) is 7.11 Å². The quantitative estimate of drug-likeness (QED) is 0.430. The predicted octanol–water partition coefficient (Wildman–Crippen LogP) is 4.48. The number of nitriles is 1. The first-order valence-corrected chi connectivity index (χ1v) is 10.1. The zero-order valence-electron chi connectivity index (χ0n) is 18.1. The van der Waals surface area contributed by atoms with Gasteiger partial charge in [-0.05, 0) is 45.0 Å². The summed E-state index contributed by atoms with van der Waals surface area (Å²) in [6.07, 6.45) is 3.64. The van der Waals surface area contributed by atoms with Crippen LogP contribution in [0, 0.1) is 32.2 Å². The number of methoxy groups -OCH3 is 1. The van der Waals surface area contributed by atoms with Crippen LogP contribution >= 0.6 is 0 Å². The van der Waals surface area contributed by atoms with Crippen molar-refractivity contribution in [3.8, 4) is 28.8 Å². The van der Waals surface area contributed by atoms with Gasteiger partial charge in [0.2, 0.25) is 11.8 Å². The van der Waals surface area contributed by atoms with Gasteiger partial charge in [0.1, 0.15) is 11.5 Å². The molecule has 3 heterocycles. The summed E-state index contributed by atoms with van der Waals surface area (Å²) in [7, 11) is 1.64. The monoisotopic (exact) mass is 424 g/mol. The molecule has 2 aromatic carbocycles. The molecule has 0 atom stereocenters. The second-order valence-electron chi connectivity index (χ2n) is 7.62. The molecule has 0 bridgehead atoms. The summed E-state index contributed by atoms with van der Waals surface area (Å²) >= 11 is 0. The Hall–Kier alpha value is -4.38. The van der Waals surface area contributed by atoms with Crippen molar-refractivity contribution in [2.24, 2.45) is 4.99 Å². The second kappa shape index (κ2) is 7.39. The number of aromatic amines is 1. The van der Waals surface area contributed by atoms with Gasteiger partial charge in [0.25, 0.3) is 0 Å². The van der Waals surface area contributed by atoms with Crippen LogP contribution in [0.3, 0.4) is 0 Å². The van der Waals surface area contributed by atoms with E-state index in [4.69, 9.17) is 9.26 Å². The number of H-pyrrole nitrogens is 1. The van der Waals surface area contributed by atoms with Crippen LogP contribution in [0.15, 0.2) is 52.1 Å². The number of benzene rings is 2. The smallest absolute Gasteiger partial charge is 0.223 e. The maximum atomic E-state index is 9.25. The van der Waals surface area contributed by atoms with Crippen molar-refractivity contribution in [1.29, 1.82) is 5.26 Å². The molecule has 158 valence electrons. The van der Waals surface area contributed by atoms with Crippen molar-refractivity contribution in [1.82, 2.24) is 19.7 Å². The highest BCUT2D eigenvalue weighted by Gasteiger charge is 2.20. The minimum Gasteiger partial charge on any atom is -0.496 e. The van der Waals surface area contributed by atoms with E-state index in [9.17, 15) is 5.26 Å². The van der Waals surface area contributed by atoms with Gasteiger partial charge in [-0.25, -0.2) is 0 Å². The number of nitrogens with one attached hydrogen (secondary N) is 1. The number of ether oxygens (including phenoxy) is 1. The summed E-state index contributed by atoms with van der Waals surface area (Å²) in [6.45, 7) is 5.81. The van der Waals surface area contributed by atoms with E-state index in [0.29, 0.717) is 17.1 Å². The summed E-state index contributed by atoms with van der Waals surface area (Å²) < 4.78 is 13.1. The number of pyridine rings is 1. The highest BCUT2D eigenvalue weighted by molar-refractivity contribution is 6.05. The maximum Gasteiger partial charge on any atom is 0.223 e. The Kier molecular flexibility index (Phi) is 4.52. The van der Waals surface area contributed by atoms with Gasteiger partial charge in [-0.2, -0.15) is 5.26 Å². The third kappa shape index (κ3) is 2.94. The lowest BCUT2D eigenvalue weighted by atomic mass is 10.0. The van der Waals surface area contributed by atoms with Gasteiger partial charge >= 0.3 is 0 Å². The fraction of sp³-hybridized carbons (Fsp3) is 0.167. The number of nitrogens with zero attached hydrogens (tertiary/aromatic N) is 5. The summed E-state index contributed by atoms with van der Waals surface area (Å²) in [6, 6.07) is 12.0. The molecule has 0 amide bonds. The summed E-state index contributed by atoms with van der Waals surface area (Å²) in [4.78, 5) is 11.9. The Balaban J connectivity index is 1.90. The molecule has 0 aliphatic rings. The van der Waals surface area contributed by atoms with Crippen molar-refractivity contribution >= 4 is 21.9 Å². The van der Waals surface area contributed by atoms with Crippen molar-refractivity contribution < 1.29 is 9.26 Å². The molecule has 0 unspecified atom stereocenters. The fourth-order valence-corrected chi connectivity index (χ4v) is 4.12. The van der Waals surface area contributed by atoms with E-state index in [0.717, 1.165) is 50.0 Å². The fourth-order valence-electron chi connectivity index (χ4n) is 4.12. The molecule has 8 heteroatoms. The van der Waals surface area contributed by atoms with Crippen LogP contribution in [0.5, 0.6) is 5.75 Å². The molecule has 0 saturated heterocycles. The van der Waals surface area contributed by atoms with Gasteiger partial charge in [-0.3, -0.25) is 9.55 Å². The molecule has 5 rings (SSSR count). The summed E-state index contributed by atoms with van der Waals surface area (Å²) in [5, 5.41) is 14.2. The molecule has 3 aromatic heterocycles. The van der Waals surface area contributed by atoms with Gasteiger partial charge in [0, 0.05) is 16.6 Å². The van der Waals surface area contributed by atoms with Gasteiger partial charge < -0.3 is 14.2 Å². The topological polar surface area (TPSA) is 105 Å². The lowest BCUT2D eigenvalue weighted by Gasteiger charge is -2.12. The SMILES string of the molecule is COc1cc2c(cc1-c1c(C)noc1C)ncc1[nH]c(=NC#N)n(-c3ccc(C)cc3)c12. The van der Waals surface area contributed by atoms with E-state index in [-0.39, 0.29) is 0 Å². The van der Waals surface area contributed by atoms with E-state index < -0.39 is 0 Å². The molecule has 0 fully saturated rings. The van der Waals surface area contributed by atoms with Crippen LogP contribution in [0.4, 0.5) is 0 Å². The van der Waals surface area contributed by atoms with Gasteiger partial charge in [0.15, 0.2) is 0 Å². The molecule has 8 nitrogen and oxygen atoms in total. The zero-order chi connectivity index (χ0) is 22.4. The average molecular weight is 424 g/mol. The molecule has 0 radical (unpaired) electrons. The Labute approximate surface area is 183 Å². The number of imidazole rings is 1. The molecule has 0 aliphatic carbocycles. The van der Waals surface area contributed by atoms with E-state index >= 15 is 0 Å². The van der Waals surface area contributed by atoms with Crippen LogP contribution in [-0.4, -0.2) is 26.8 Å². The van der Waals surface area contributed by atoms with Crippen LogP contribution < -0.4 is 10.4 Å². The predicted molar refractivity (Wildman–Crippen MR) is 120 cm³/mol. The average Bonchev–Trinajstić information content (AvgIpc) is 3.33. The molecular weight excluding hydrogens is 404 g/mol. The normalized spacial score (nSPS) is 11.9. The van der Waals surface area contributed by atoms with Crippen molar-refractivity contribution in [3.05, 3.63) is 65.2 Å². The number of rotatable bonds is 3. The first-order valence-electron chi connectivity index (χ1n) is 10.1. The van der Waals surface area contributed by atoms with Gasteiger partial charge in [0.05, 0.1) is 41.1 Å². The number of hydrogen-bond donors (Lipinski definition) is 1. The number of fused-ring (bicyclic) bond motifs is 3. The first-order chi connectivity index (χ1) is 15.5. The number of aromatic nitrogens is 4.